The van der Waals surface area contributed by atoms with Gasteiger partial charge in [-0.3, -0.25) is 24.2 Å². The molecule has 2 fully saturated rings. The van der Waals surface area contributed by atoms with Crippen molar-refractivity contribution in [2.24, 2.45) is 15.0 Å². The summed E-state index contributed by atoms with van der Waals surface area (Å²) in [5.74, 6) is -2.63. The summed E-state index contributed by atoms with van der Waals surface area (Å²) < 4.78 is 86.9. The Labute approximate surface area is 719 Å². The lowest BCUT2D eigenvalue weighted by Gasteiger charge is -2.35. The zero-order valence-electron chi connectivity index (χ0n) is 69.5. The average molecular weight is 1670 g/mol. The molecule has 23 heteroatoms. The van der Waals surface area contributed by atoms with Crippen LogP contribution < -0.4 is 30.7 Å². The van der Waals surface area contributed by atoms with Crippen molar-refractivity contribution in [1.29, 1.82) is 0 Å². The highest BCUT2D eigenvalue weighted by molar-refractivity contribution is 6.21. The molecular weight excluding hydrogens is 1570 g/mol. The summed E-state index contributed by atoms with van der Waals surface area (Å²) in [5.41, 5.74) is 18.9. The Morgan fingerprint density at radius 2 is 0.661 bits per heavy atom. The highest BCUT2D eigenvalue weighted by atomic mass is 19.1. The Hall–Kier alpha value is -13.2. The van der Waals surface area contributed by atoms with E-state index in [1.807, 2.05) is 97.1 Å². The number of aliphatic imine (C=N–C) groups is 3. The Bertz CT molecular complexity index is 5820. The van der Waals surface area contributed by atoms with Crippen molar-refractivity contribution in [2.45, 2.75) is 39.9 Å². The fourth-order valence-corrected chi connectivity index (χ4v) is 15.8. The molecule has 0 radical (unpaired) electrons. The van der Waals surface area contributed by atoms with E-state index in [9.17, 15) is 40.7 Å². The van der Waals surface area contributed by atoms with Gasteiger partial charge in [-0.2, -0.15) is 0 Å². The number of ether oxygens (including phenoxy) is 1. The smallest absolute Gasteiger partial charge is 0.251 e. The van der Waals surface area contributed by atoms with E-state index in [1.54, 1.807) is 84.9 Å². The molecule has 3 N–H and O–H groups in total. The summed E-state index contributed by atoms with van der Waals surface area (Å²) in [4.78, 5) is 71.3. The first-order chi connectivity index (χ1) is 60.4. The minimum absolute atomic E-state index is 0.244. The number of nitrogens with one attached hydrogen (secondary N) is 3. The molecule has 0 bridgehead atoms. The quantitative estimate of drug-likeness (QED) is 0.0495. The fourth-order valence-electron chi connectivity index (χ4n) is 15.8. The first kappa shape index (κ1) is 85.8. The standard InChI is InChI=1S/C34H33F2N5O.C34H32F2N4O2.C33H32F2N4O/c1-39-16-18-40(19-17-39)20-21-41-31-5-3-2-4-29(31)33(25-8-13-28(36)14-9-25)38-30-22-26(10-15-32(30)41)34(42)37-23-24-6-11-27(35)12-7-24;35-27-11-6-24(7-12-27)23-37-34(41)26-10-15-32-30(22-26)38-33(25-8-13-28(36)14-9-25)29-4-1-2-5-31(29)40(32)17-3-16-39-18-20-42-21-19-39;1-3-38(4-2)19-20-39-30-8-6-5-7-28(30)32(24-11-16-27(35)17-12-24)37-29-21-25(13-18-31(29)39)33(40)36-22-23-9-14-26(34)15-10-23/h2-15,22H,16-21,23H2,1H3,(H,37,42);1-2,4-15,22H,3,16-21,23H2,(H,37,41);5-18,21H,3-4,19-20,22H2,1-2H3,(H,36,40). The molecule has 5 heterocycles. The molecule has 3 amide bonds. The first-order valence-electron chi connectivity index (χ1n) is 42.0. The monoisotopic (exact) mass is 1670 g/mol. The number of carbonyl (C=O) groups excluding carboxylic acids is 3. The number of hydrogen-bond acceptors (Lipinski definition) is 14. The predicted octanol–water partition coefficient (Wildman–Crippen LogP) is 18.9. The van der Waals surface area contributed by atoms with Crippen LogP contribution in [-0.2, 0) is 24.4 Å². The van der Waals surface area contributed by atoms with Gasteiger partial charge in [-0.25, -0.2) is 41.3 Å². The average Bonchev–Trinajstić information content (AvgIpc) is 1.72. The van der Waals surface area contributed by atoms with Gasteiger partial charge >= 0.3 is 0 Å². The summed E-state index contributed by atoms with van der Waals surface area (Å²) in [6.45, 7) is 19.5. The second-order valence-corrected chi connectivity index (χ2v) is 30.9. The fraction of sp³-hybridized carbons (Fsp3) is 0.228. The molecule has 0 aliphatic carbocycles. The number of amides is 3. The Kier molecular flexibility index (Phi) is 28.2. The molecule has 632 valence electrons. The molecule has 0 aromatic heterocycles. The van der Waals surface area contributed by atoms with E-state index < -0.39 is 0 Å². The van der Waals surface area contributed by atoms with Crippen LogP contribution in [0.1, 0.15) is 101 Å². The van der Waals surface area contributed by atoms with E-state index >= 15 is 0 Å². The summed E-state index contributed by atoms with van der Waals surface area (Å²) >= 11 is 0. The summed E-state index contributed by atoms with van der Waals surface area (Å²) in [5, 5.41) is 8.77. The number of para-hydroxylation sites is 3. The number of morpholine rings is 1. The Morgan fingerprint density at radius 1 is 0.347 bits per heavy atom. The van der Waals surface area contributed by atoms with Gasteiger partial charge in [0.2, 0.25) is 0 Å². The number of anilines is 6. The zero-order chi connectivity index (χ0) is 86.0. The van der Waals surface area contributed by atoms with Crippen LogP contribution in [0.25, 0.3) is 0 Å². The Morgan fingerprint density at radius 3 is 1.01 bits per heavy atom. The molecule has 12 aromatic rings. The number of likely N-dealkylation sites (N-methyl/N-ethyl adjacent to an activating group) is 2. The number of halogens is 6. The van der Waals surface area contributed by atoms with E-state index in [0.29, 0.717) is 45.2 Å². The molecule has 124 heavy (non-hydrogen) atoms. The van der Waals surface area contributed by atoms with E-state index in [0.717, 1.165) is 201 Å². The van der Waals surface area contributed by atoms with Gasteiger partial charge in [0.1, 0.15) is 34.9 Å². The number of nitrogens with zero attached hydrogens (tertiary/aromatic N) is 10. The number of rotatable bonds is 24. The maximum atomic E-state index is 13.9. The van der Waals surface area contributed by atoms with Crippen molar-refractivity contribution in [3.05, 3.63) is 375 Å². The van der Waals surface area contributed by atoms with E-state index in [-0.39, 0.29) is 72.3 Å². The van der Waals surface area contributed by atoms with Crippen LogP contribution in [0, 0.1) is 34.9 Å². The normalized spacial score (nSPS) is 14.3. The lowest BCUT2D eigenvalue weighted by Crippen LogP contribution is -2.46. The van der Waals surface area contributed by atoms with Crippen LogP contribution in [0.15, 0.2) is 288 Å². The SMILES string of the molecule is CCN(CC)CCN1c2ccc(C(=O)NCc3ccc(F)cc3)cc2N=C(c2ccc(F)cc2)c2ccccc21.CN1CCN(CCN2c3ccc(C(=O)NCc4ccc(F)cc4)cc3N=C(c3ccc(F)cc3)c3ccccc32)CC1.O=C(NCc1ccc(F)cc1)c1ccc2c(c1)N=C(c1ccc(F)cc1)c1ccccc1N2CCCN1CCOCC1. The van der Waals surface area contributed by atoms with Gasteiger partial charge in [0.15, 0.2) is 0 Å². The summed E-state index contributed by atoms with van der Waals surface area (Å²) in [6.07, 6.45) is 0.930. The second kappa shape index (κ2) is 40.7. The minimum Gasteiger partial charge on any atom is -0.379 e. The van der Waals surface area contributed by atoms with Crippen LogP contribution in [0.2, 0.25) is 0 Å². The van der Waals surface area contributed by atoms with Crippen molar-refractivity contribution in [3.8, 4) is 0 Å². The van der Waals surface area contributed by atoms with Crippen molar-refractivity contribution < 1.29 is 45.5 Å². The molecule has 5 aliphatic heterocycles. The molecule has 0 saturated carbocycles. The molecule has 0 atom stereocenters. The number of fused-ring (bicyclic) bond motifs is 6. The maximum absolute atomic E-state index is 13.9. The van der Waals surface area contributed by atoms with Crippen LogP contribution in [-0.4, -0.2) is 166 Å². The van der Waals surface area contributed by atoms with Gasteiger partial charge in [0.05, 0.1) is 81.5 Å². The molecule has 5 aliphatic rings. The molecule has 0 unspecified atom stereocenters. The lowest BCUT2D eigenvalue weighted by atomic mass is 10.00. The van der Waals surface area contributed by atoms with Gasteiger partial charge in [-0.1, -0.05) is 105 Å². The highest BCUT2D eigenvalue weighted by Crippen LogP contribution is 2.45. The third kappa shape index (κ3) is 21.3. The molecule has 17 nitrogen and oxygen atoms in total. The largest absolute Gasteiger partial charge is 0.379 e. The molecule has 0 spiro atoms. The van der Waals surface area contributed by atoms with Crippen LogP contribution >= 0.6 is 0 Å². The second-order valence-electron chi connectivity index (χ2n) is 30.9. The van der Waals surface area contributed by atoms with E-state index in [1.165, 1.54) is 72.8 Å². The van der Waals surface area contributed by atoms with Gasteiger partial charge in [-0.05, 0) is 225 Å². The lowest BCUT2D eigenvalue weighted by molar-refractivity contribution is 0.0377. The van der Waals surface area contributed by atoms with Crippen LogP contribution in [0.4, 0.5) is 77.5 Å². The molecule has 2 saturated heterocycles. The van der Waals surface area contributed by atoms with Gasteiger partial charge in [0.25, 0.3) is 17.7 Å². The first-order valence-corrected chi connectivity index (χ1v) is 42.0. The highest BCUT2D eigenvalue weighted by Gasteiger charge is 2.31. The van der Waals surface area contributed by atoms with E-state index in [2.05, 4.69) is 89.3 Å². The minimum atomic E-state index is -0.318. The number of piperazine rings is 1. The molecule has 17 rings (SSSR count). The van der Waals surface area contributed by atoms with Crippen LogP contribution in [0.5, 0.6) is 0 Å². The zero-order valence-corrected chi connectivity index (χ0v) is 69.5. The third-order valence-corrected chi connectivity index (χ3v) is 22.8. The van der Waals surface area contributed by atoms with Gasteiger partial charge in [0, 0.05) is 148 Å². The van der Waals surface area contributed by atoms with Crippen molar-refractivity contribution >= 4 is 86.0 Å². The predicted molar refractivity (Wildman–Crippen MR) is 481 cm³/mol. The van der Waals surface area contributed by atoms with Crippen molar-refractivity contribution in [3.63, 3.8) is 0 Å². The van der Waals surface area contributed by atoms with Crippen molar-refractivity contribution in [2.75, 3.05) is 127 Å². The third-order valence-electron chi connectivity index (χ3n) is 22.8. The molecular formula is C101H97F6N13O4. The Balaban J connectivity index is 0.000000144. The number of benzene rings is 12. The maximum Gasteiger partial charge on any atom is 0.251 e. The topological polar surface area (TPSA) is 156 Å². The van der Waals surface area contributed by atoms with Crippen molar-refractivity contribution in [1.82, 2.24) is 35.6 Å². The number of carbonyl (C=O) groups is 3. The van der Waals surface area contributed by atoms with E-state index in [4.69, 9.17) is 19.7 Å². The summed E-state index contributed by atoms with van der Waals surface area (Å²) in [6, 6.07) is 78.3. The summed E-state index contributed by atoms with van der Waals surface area (Å²) in [7, 11) is 2.15. The molecule has 12 aromatic carbocycles. The number of hydrogen-bond donors (Lipinski definition) is 3. The van der Waals surface area contributed by atoms with Gasteiger partial charge in [-0.15, -0.1) is 0 Å². The van der Waals surface area contributed by atoms with Gasteiger partial charge < -0.3 is 45.2 Å². The van der Waals surface area contributed by atoms with Crippen LogP contribution in [0.3, 0.4) is 0 Å².